The van der Waals surface area contributed by atoms with E-state index >= 15 is 0 Å². The maximum atomic E-state index is 13.4. The Morgan fingerprint density at radius 1 is 1.53 bits per heavy atom. The van der Waals surface area contributed by atoms with Crippen molar-refractivity contribution < 1.29 is 19.1 Å². The number of hydrogen-bond acceptors (Lipinski definition) is 3. The van der Waals surface area contributed by atoms with Gasteiger partial charge in [-0.25, -0.2) is 4.39 Å². The number of carbonyl (C=O) groups is 2. The van der Waals surface area contributed by atoms with Crippen molar-refractivity contribution in [1.82, 2.24) is 0 Å². The Hall–Kier alpha value is -1.27. The minimum Gasteiger partial charge on any atom is -0.481 e. The van der Waals surface area contributed by atoms with Gasteiger partial charge in [-0.2, -0.15) is 0 Å². The molecular formula is C10H9ClFNO3S. The van der Waals surface area contributed by atoms with Crippen molar-refractivity contribution in [3.05, 3.63) is 23.0 Å². The summed E-state index contributed by atoms with van der Waals surface area (Å²) in [5.74, 6) is -2.27. The first-order valence-electron chi connectivity index (χ1n) is 4.51. The minimum atomic E-state index is -1.00. The smallest absolute Gasteiger partial charge is 0.313 e. The second-order valence-electron chi connectivity index (χ2n) is 3.13. The predicted octanol–water partition coefficient (Wildman–Crippen LogP) is 2.61. The monoisotopic (exact) mass is 277 g/mol. The van der Waals surface area contributed by atoms with Gasteiger partial charge >= 0.3 is 5.97 Å². The Balaban J connectivity index is 2.97. The van der Waals surface area contributed by atoms with Crippen LogP contribution in [0.15, 0.2) is 17.0 Å². The summed E-state index contributed by atoms with van der Waals surface area (Å²) in [5, 5.41) is 10.9. The van der Waals surface area contributed by atoms with E-state index in [4.69, 9.17) is 16.7 Å². The van der Waals surface area contributed by atoms with Crippen molar-refractivity contribution in [3.8, 4) is 0 Å². The fourth-order valence-corrected chi connectivity index (χ4v) is 2.06. The van der Waals surface area contributed by atoms with E-state index in [1.165, 1.54) is 13.0 Å². The molecule has 1 aromatic rings. The molecule has 0 bridgehead atoms. The van der Waals surface area contributed by atoms with Gasteiger partial charge in [-0.1, -0.05) is 11.6 Å². The standard InChI is InChI=1S/C10H9ClFNO3S/c1-5(14)13-8-3-9(17-4-10(15)16)6(11)2-7(8)12/h2-3H,4H2,1H3,(H,13,14)(H,15,16). The molecule has 2 N–H and O–H groups in total. The number of carbonyl (C=O) groups excluding carboxylic acids is 1. The zero-order chi connectivity index (χ0) is 13.0. The number of halogens is 2. The third-order valence-corrected chi connectivity index (χ3v) is 3.15. The molecule has 0 aliphatic heterocycles. The lowest BCUT2D eigenvalue weighted by atomic mass is 10.3. The van der Waals surface area contributed by atoms with E-state index in [0.29, 0.717) is 4.90 Å². The number of nitrogens with one attached hydrogen (secondary N) is 1. The second-order valence-corrected chi connectivity index (χ2v) is 4.55. The fourth-order valence-electron chi connectivity index (χ4n) is 1.06. The van der Waals surface area contributed by atoms with Crippen molar-refractivity contribution in [2.45, 2.75) is 11.8 Å². The summed E-state index contributed by atoms with van der Waals surface area (Å²) in [6.07, 6.45) is 0. The summed E-state index contributed by atoms with van der Waals surface area (Å²) in [6.45, 7) is 1.25. The van der Waals surface area contributed by atoms with Crippen LogP contribution in [-0.4, -0.2) is 22.7 Å². The second kappa shape index (κ2) is 5.88. The lowest BCUT2D eigenvalue weighted by molar-refractivity contribution is -0.133. The first kappa shape index (κ1) is 13.8. The van der Waals surface area contributed by atoms with Gasteiger partial charge in [0.15, 0.2) is 0 Å². The topological polar surface area (TPSA) is 66.4 Å². The van der Waals surface area contributed by atoms with Crippen LogP contribution in [0.25, 0.3) is 0 Å². The van der Waals surface area contributed by atoms with Crippen molar-refractivity contribution in [2.24, 2.45) is 0 Å². The highest BCUT2D eigenvalue weighted by atomic mass is 35.5. The molecule has 0 fully saturated rings. The van der Waals surface area contributed by atoms with Crippen LogP contribution in [0.3, 0.4) is 0 Å². The van der Waals surface area contributed by atoms with Crippen LogP contribution in [0.5, 0.6) is 0 Å². The molecule has 17 heavy (non-hydrogen) atoms. The summed E-state index contributed by atoms with van der Waals surface area (Å²) < 4.78 is 13.4. The summed E-state index contributed by atoms with van der Waals surface area (Å²) >= 11 is 6.71. The molecule has 1 aromatic carbocycles. The van der Waals surface area contributed by atoms with Crippen molar-refractivity contribution in [2.75, 3.05) is 11.1 Å². The van der Waals surface area contributed by atoms with E-state index in [1.807, 2.05) is 0 Å². The summed E-state index contributed by atoms with van der Waals surface area (Å²) in [4.78, 5) is 21.6. The van der Waals surface area contributed by atoms with E-state index in [2.05, 4.69) is 5.32 Å². The Bertz CT molecular complexity index is 467. The molecule has 1 amide bonds. The number of benzene rings is 1. The van der Waals surface area contributed by atoms with Crippen LogP contribution >= 0.6 is 23.4 Å². The molecule has 0 saturated heterocycles. The normalized spacial score (nSPS) is 10.1. The van der Waals surface area contributed by atoms with Gasteiger partial charge in [-0.05, 0) is 12.1 Å². The van der Waals surface area contributed by atoms with E-state index in [9.17, 15) is 14.0 Å². The van der Waals surface area contributed by atoms with Gasteiger partial charge < -0.3 is 10.4 Å². The minimum absolute atomic E-state index is 0.0187. The lowest BCUT2D eigenvalue weighted by Crippen LogP contribution is -2.07. The third-order valence-electron chi connectivity index (χ3n) is 1.68. The quantitative estimate of drug-likeness (QED) is 0.830. The summed E-state index contributed by atoms with van der Waals surface area (Å²) in [6, 6.07) is 2.35. The molecule has 0 spiro atoms. The average Bonchev–Trinajstić information content (AvgIpc) is 2.19. The first-order chi connectivity index (χ1) is 7.90. The number of thioether (sulfide) groups is 1. The number of hydrogen-bond donors (Lipinski definition) is 2. The van der Waals surface area contributed by atoms with Crippen LogP contribution in [0.4, 0.5) is 10.1 Å². The Labute approximate surface area is 106 Å². The molecular weight excluding hydrogens is 269 g/mol. The maximum Gasteiger partial charge on any atom is 0.313 e. The van der Waals surface area contributed by atoms with Crippen LogP contribution in [0.2, 0.25) is 5.02 Å². The van der Waals surface area contributed by atoms with Gasteiger partial charge in [0.25, 0.3) is 0 Å². The molecule has 0 heterocycles. The number of carboxylic acid groups (broad SMARTS) is 1. The van der Waals surface area contributed by atoms with Crippen molar-refractivity contribution in [3.63, 3.8) is 0 Å². The van der Waals surface area contributed by atoms with Crippen molar-refractivity contribution in [1.29, 1.82) is 0 Å². The maximum absolute atomic E-state index is 13.4. The molecule has 0 aromatic heterocycles. The van der Waals surface area contributed by atoms with Gasteiger partial charge in [0.2, 0.25) is 5.91 Å². The van der Waals surface area contributed by atoms with E-state index < -0.39 is 17.7 Å². The van der Waals surface area contributed by atoms with Crippen molar-refractivity contribution >= 4 is 40.9 Å². The van der Waals surface area contributed by atoms with Gasteiger partial charge in [0, 0.05) is 11.8 Å². The van der Waals surface area contributed by atoms with Crippen LogP contribution < -0.4 is 5.32 Å². The molecule has 0 radical (unpaired) electrons. The van der Waals surface area contributed by atoms with Gasteiger partial charge in [-0.3, -0.25) is 9.59 Å². The number of aliphatic carboxylic acids is 1. The molecule has 4 nitrogen and oxygen atoms in total. The highest BCUT2D eigenvalue weighted by molar-refractivity contribution is 8.00. The molecule has 0 atom stereocenters. The Kier molecular flexibility index (Phi) is 4.77. The SMILES string of the molecule is CC(=O)Nc1cc(SCC(=O)O)c(Cl)cc1F. The Morgan fingerprint density at radius 2 is 2.18 bits per heavy atom. The van der Waals surface area contributed by atoms with Crippen LogP contribution in [-0.2, 0) is 9.59 Å². The van der Waals surface area contributed by atoms with E-state index in [-0.39, 0.29) is 16.5 Å². The number of amides is 1. The van der Waals surface area contributed by atoms with Crippen LogP contribution in [0.1, 0.15) is 6.92 Å². The first-order valence-corrected chi connectivity index (χ1v) is 5.87. The average molecular weight is 278 g/mol. The predicted molar refractivity (Wildman–Crippen MR) is 64.1 cm³/mol. The lowest BCUT2D eigenvalue weighted by Gasteiger charge is -2.08. The molecule has 1 rings (SSSR count). The zero-order valence-electron chi connectivity index (χ0n) is 8.79. The molecule has 92 valence electrons. The largest absolute Gasteiger partial charge is 0.481 e. The summed E-state index contributed by atoms with van der Waals surface area (Å²) in [7, 11) is 0. The highest BCUT2D eigenvalue weighted by Crippen LogP contribution is 2.31. The zero-order valence-corrected chi connectivity index (χ0v) is 10.4. The van der Waals surface area contributed by atoms with Gasteiger partial charge in [0.05, 0.1) is 16.5 Å². The number of anilines is 1. The fraction of sp³-hybridized carbons (Fsp3) is 0.200. The van der Waals surface area contributed by atoms with Gasteiger partial charge in [-0.15, -0.1) is 11.8 Å². The third kappa shape index (κ3) is 4.24. The molecule has 0 aliphatic rings. The highest BCUT2D eigenvalue weighted by Gasteiger charge is 2.11. The molecule has 0 unspecified atom stereocenters. The molecule has 0 aliphatic carbocycles. The number of rotatable bonds is 4. The van der Waals surface area contributed by atoms with Gasteiger partial charge in [0.1, 0.15) is 5.82 Å². The summed E-state index contributed by atoms with van der Waals surface area (Å²) in [5.41, 5.74) is -0.0187. The van der Waals surface area contributed by atoms with Crippen LogP contribution in [0, 0.1) is 5.82 Å². The number of carboxylic acids is 1. The molecule has 7 heteroatoms. The Morgan fingerprint density at radius 3 is 2.71 bits per heavy atom. The molecule has 0 saturated carbocycles. The van der Waals surface area contributed by atoms with E-state index in [0.717, 1.165) is 17.8 Å². The van der Waals surface area contributed by atoms with E-state index in [1.54, 1.807) is 0 Å².